The van der Waals surface area contributed by atoms with Gasteiger partial charge in [-0.1, -0.05) is 70.6 Å². The quantitative estimate of drug-likeness (QED) is 0.532. The monoisotopic (exact) mass is 374 g/mol. The maximum Gasteiger partial charge on any atom is 0.142 e. The van der Waals surface area contributed by atoms with Gasteiger partial charge in [0.05, 0.1) is 12.0 Å². The molecule has 3 rings (SSSR count). The molecule has 6 atom stereocenters. The number of ketones is 1. The van der Waals surface area contributed by atoms with Gasteiger partial charge in [0.15, 0.2) is 0 Å². The van der Waals surface area contributed by atoms with E-state index in [0.717, 1.165) is 32.1 Å². The van der Waals surface area contributed by atoms with Crippen molar-refractivity contribution in [1.29, 1.82) is 0 Å². The molecule has 152 valence electrons. The van der Waals surface area contributed by atoms with E-state index >= 15 is 0 Å². The topological polar surface area (TPSA) is 57.5 Å². The van der Waals surface area contributed by atoms with Gasteiger partial charge < -0.3 is 10.2 Å². The molecule has 3 heteroatoms. The minimum Gasteiger partial charge on any atom is -0.392 e. The number of carbonyl (C=O) groups excluding carboxylic acids is 1. The van der Waals surface area contributed by atoms with Crippen LogP contribution in [0.2, 0.25) is 0 Å². The number of rotatable bonds is 6. The minimum atomic E-state index is -0.579. The predicted octanol–water partition coefficient (Wildman–Crippen LogP) is 4.49. The van der Waals surface area contributed by atoms with Crippen molar-refractivity contribution in [2.75, 3.05) is 0 Å². The molecule has 0 saturated heterocycles. The summed E-state index contributed by atoms with van der Waals surface area (Å²) in [5.41, 5.74) is -0.302. The number of unbranched alkanes of at least 4 members (excludes halogenated alkanes) is 3. The average Bonchev–Trinajstić information content (AvgIpc) is 2.69. The summed E-state index contributed by atoms with van der Waals surface area (Å²) in [6.07, 6.45) is 11.8. The van der Waals surface area contributed by atoms with Crippen molar-refractivity contribution in [3.63, 3.8) is 0 Å². The maximum absolute atomic E-state index is 12.8. The lowest BCUT2D eigenvalue weighted by Crippen LogP contribution is -2.63. The van der Waals surface area contributed by atoms with E-state index in [4.69, 9.17) is 0 Å². The first kappa shape index (κ1) is 20.9. The summed E-state index contributed by atoms with van der Waals surface area (Å²) in [6.45, 7) is 4.28. The van der Waals surface area contributed by atoms with Gasteiger partial charge in [0.25, 0.3) is 0 Å². The van der Waals surface area contributed by atoms with Gasteiger partial charge in [0.1, 0.15) is 11.9 Å². The molecule has 3 saturated carbocycles. The molecule has 0 aromatic heterocycles. The molecule has 27 heavy (non-hydrogen) atoms. The summed E-state index contributed by atoms with van der Waals surface area (Å²) < 4.78 is 0. The summed E-state index contributed by atoms with van der Waals surface area (Å²) in [7, 11) is 0. The first-order chi connectivity index (χ1) is 13.0. The number of aliphatic hydroxyl groups excluding tert-OH is 2. The van der Waals surface area contributed by atoms with Crippen molar-refractivity contribution < 1.29 is 15.0 Å². The van der Waals surface area contributed by atoms with Crippen LogP contribution in [0, 0.1) is 40.9 Å². The summed E-state index contributed by atoms with van der Waals surface area (Å²) in [5.74, 6) is 7.13. The van der Waals surface area contributed by atoms with Crippen molar-refractivity contribution >= 4 is 5.78 Å². The van der Waals surface area contributed by atoms with Gasteiger partial charge in [-0.2, -0.15) is 0 Å². The fraction of sp³-hybridized carbons (Fsp3) is 0.875. The first-order valence-electron chi connectivity index (χ1n) is 11.4. The number of carbonyl (C=O) groups is 1. The summed E-state index contributed by atoms with van der Waals surface area (Å²) in [5, 5.41) is 21.2. The van der Waals surface area contributed by atoms with Gasteiger partial charge in [0.2, 0.25) is 0 Å². The highest BCUT2D eigenvalue weighted by Gasteiger charge is 2.63. The Morgan fingerprint density at radius 1 is 1.15 bits per heavy atom. The van der Waals surface area contributed by atoms with Gasteiger partial charge in [0, 0.05) is 11.3 Å². The smallest absolute Gasteiger partial charge is 0.142 e. The molecular weight excluding hydrogens is 336 g/mol. The van der Waals surface area contributed by atoms with Gasteiger partial charge in [-0.3, -0.25) is 4.79 Å². The van der Waals surface area contributed by atoms with Crippen LogP contribution in [0.15, 0.2) is 0 Å². The minimum absolute atomic E-state index is 0.0629. The zero-order chi connectivity index (χ0) is 19.4. The molecule has 0 bridgehead atoms. The Kier molecular flexibility index (Phi) is 7.03. The number of Topliss-reactive ketones (excluding diaryl/α,β-unsaturated/α-hetero) is 1. The van der Waals surface area contributed by atoms with Crippen molar-refractivity contribution in [1.82, 2.24) is 0 Å². The van der Waals surface area contributed by atoms with E-state index in [1.807, 2.05) is 0 Å². The summed E-state index contributed by atoms with van der Waals surface area (Å²) in [4.78, 5) is 12.8. The highest BCUT2D eigenvalue weighted by molar-refractivity contribution is 5.94. The van der Waals surface area contributed by atoms with Gasteiger partial charge >= 0.3 is 0 Å². The fourth-order valence-corrected chi connectivity index (χ4v) is 5.94. The molecule has 0 spiro atoms. The Bertz CT molecular complexity index is 568. The normalized spacial score (nSPS) is 37.7. The standard InChI is InChI=1S/C24H38O3/c1-3-4-5-9-12-19-22-18(21(26)15-16-24(22,2)23(19)27)13-14-20(25)17-10-7-6-8-11-17/h17-22,25-26H,3-12,15-16H2,1-2H3/t18-,19?,20+,21+,22-,24-/m0/s1. The van der Waals surface area contributed by atoms with E-state index in [-0.39, 0.29) is 29.1 Å². The average molecular weight is 375 g/mol. The van der Waals surface area contributed by atoms with E-state index in [1.54, 1.807) is 0 Å². The lowest BCUT2D eigenvalue weighted by molar-refractivity contribution is -0.172. The fourth-order valence-electron chi connectivity index (χ4n) is 5.94. The van der Waals surface area contributed by atoms with Gasteiger partial charge in [-0.15, -0.1) is 0 Å². The summed E-state index contributed by atoms with van der Waals surface area (Å²) >= 11 is 0. The molecule has 0 heterocycles. The Morgan fingerprint density at radius 2 is 1.89 bits per heavy atom. The van der Waals surface area contributed by atoms with Crippen LogP contribution in [0.1, 0.15) is 90.9 Å². The number of aliphatic hydroxyl groups is 2. The first-order valence-corrected chi connectivity index (χ1v) is 11.4. The van der Waals surface area contributed by atoms with E-state index in [9.17, 15) is 15.0 Å². The molecular formula is C24H38O3. The second-order valence-corrected chi connectivity index (χ2v) is 9.53. The molecule has 0 aromatic carbocycles. The molecule has 3 aliphatic rings. The van der Waals surface area contributed by atoms with E-state index in [2.05, 4.69) is 25.7 Å². The van der Waals surface area contributed by atoms with Crippen molar-refractivity contribution in [3.8, 4) is 11.8 Å². The molecule has 0 radical (unpaired) electrons. The highest BCUT2D eigenvalue weighted by atomic mass is 16.3. The Morgan fingerprint density at radius 3 is 2.59 bits per heavy atom. The highest BCUT2D eigenvalue weighted by Crippen LogP contribution is 2.59. The molecule has 3 fully saturated rings. The van der Waals surface area contributed by atoms with Crippen LogP contribution in [0.5, 0.6) is 0 Å². The van der Waals surface area contributed by atoms with Crippen LogP contribution in [0.3, 0.4) is 0 Å². The molecule has 3 aliphatic carbocycles. The third kappa shape index (κ3) is 4.28. The van der Waals surface area contributed by atoms with E-state index in [0.29, 0.717) is 12.2 Å². The van der Waals surface area contributed by atoms with E-state index < -0.39 is 12.2 Å². The van der Waals surface area contributed by atoms with Crippen molar-refractivity contribution in [3.05, 3.63) is 0 Å². The molecule has 0 amide bonds. The molecule has 3 nitrogen and oxygen atoms in total. The van der Waals surface area contributed by atoms with Crippen molar-refractivity contribution in [2.45, 2.75) is 103 Å². The predicted molar refractivity (Wildman–Crippen MR) is 108 cm³/mol. The number of hydrogen-bond donors (Lipinski definition) is 2. The van der Waals surface area contributed by atoms with Crippen molar-refractivity contribution in [2.24, 2.45) is 29.1 Å². The lowest BCUT2D eigenvalue weighted by atomic mass is 9.44. The third-order valence-corrected chi connectivity index (χ3v) is 7.69. The van der Waals surface area contributed by atoms with Crippen LogP contribution in [0.25, 0.3) is 0 Å². The Balaban J connectivity index is 1.68. The van der Waals surface area contributed by atoms with Crippen LogP contribution >= 0.6 is 0 Å². The van der Waals surface area contributed by atoms with Gasteiger partial charge in [-0.25, -0.2) is 0 Å². The zero-order valence-corrected chi connectivity index (χ0v) is 17.3. The number of fused-ring (bicyclic) bond motifs is 1. The van der Waals surface area contributed by atoms with Crippen LogP contribution < -0.4 is 0 Å². The SMILES string of the molecule is CCCCCCC1C(=O)[C@@]2(C)CC[C@@H](O)[C@H](C#C[C@@H](O)C3CCCCC3)[C@@H]12. The molecule has 1 unspecified atom stereocenters. The summed E-state index contributed by atoms with van der Waals surface area (Å²) in [6, 6.07) is 0. The van der Waals surface area contributed by atoms with E-state index in [1.165, 1.54) is 38.5 Å². The number of hydrogen-bond acceptors (Lipinski definition) is 3. The van der Waals surface area contributed by atoms with Crippen LogP contribution in [-0.4, -0.2) is 28.2 Å². The Hall–Kier alpha value is -0.850. The third-order valence-electron chi connectivity index (χ3n) is 7.69. The van der Waals surface area contributed by atoms with Gasteiger partial charge in [-0.05, 0) is 43.9 Å². The molecule has 0 aromatic rings. The zero-order valence-electron chi connectivity index (χ0n) is 17.3. The second kappa shape index (κ2) is 9.10. The van der Waals surface area contributed by atoms with Crippen LogP contribution in [-0.2, 0) is 4.79 Å². The largest absolute Gasteiger partial charge is 0.392 e. The molecule has 0 aliphatic heterocycles. The second-order valence-electron chi connectivity index (χ2n) is 9.53. The van der Waals surface area contributed by atoms with Crippen LogP contribution in [0.4, 0.5) is 0 Å². The Labute approximate surface area is 165 Å². The maximum atomic E-state index is 12.8. The lowest BCUT2D eigenvalue weighted by Gasteiger charge is -2.58. The molecule has 2 N–H and O–H groups in total.